The van der Waals surface area contributed by atoms with Crippen LogP contribution < -0.4 is 5.32 Å². The Bertz CT molecular complexity index is 1100. The third kappa shape index (κ3) is 5.29. The van der Waals surface area contributed by atoms with Gasteiger partial charge in [0, 0.05) is 5.56 Å². The van der Waals surface area contributed by atoms with Gasteiger partial charge in [0.1, 0.15) is 5.54 Å². The lowest BCUT2D eigenvalue weighted by Crippen LogP contribution is -2.58. The highest BCUT2D eigenvalue weighted by Crippen LogP contribution is 2.31. The molecule has 33 heavy (non-hydrogen) atoms. The largest absolute Gasteiger partial charge is 0.479 e. The van der Waals surface area contributed by atoms with Crippen molar-refractivity contribution in [2.75, 3.05) is 0 Å². The van der Waals surface area contributed by atoms with Gasteiger partial charge in [-0.25, -0.2) is 4.79 Å². The van der Waals surface area contributed by atoms with E-state index in [4.69, 9.17) is 0 Å². The zero-order valence-electron chi connectivity index (χ0n) is 18.9. The van der Waals surface area contributed by atoms with Crippen LogP contribution in [0.1, 0.15) is 54.3 Å². The number of amides is 2. The lowest BCUT2D eigenvalue weighted by molar-refractivity contribution is -0.144. The molecule has 3 rings (SSSR count). The van der Waals surface area contributed by atoms with Crippen LogP contribution in [0.15, 0.2) is 91.0 Å². The van der Waals surface area contributed by atoms with Gasteiger partial charge in [0.05, 0.1) is 6.04 Å². The van der Waals surface area contributed by atoms with E-state index in [0.717, 1.165) is 5.56 Å². The van der Waals surface area contributed by atoms with Crippen LogP contribution in [0.3, 0.4) is 0 Å². The molecule has 0 spiro atoms. The first kappa shape index (κ1) is 23.7. The van der Waals surface area contributed by atoms with Crippen molar-refractivity contribution < 1.29 is 19.5 Å². The van der Waals surface area contributed by atoms with E-state index < -0.39 is 29.5 Å². The Morgan fingerprint density at radius 2 is 1.24 bits per heavy atom. The van der Waals surface area contributed by atoms with Gasteiger partial charge in [0.2, 0.25) is 5.91 Å². The maximum atomic E-state index is 13.6. The van der Waals surface area contributed by atoms with E-state index in [-0.39, 0.29) is 5.91 Å². The number of carbonyl (C=O) groups excluding carboxylic acids is 2. The molecule has 0 aliphatic rings. The van der Waals surface area contributed by atoms with Gasteiger partial charge in [-0.15, -0.1) is 0 Å². The summed E-state index contributed by atoms with van der Waals surface area (Å²) >= 11 is 0. The van der Waals surface area contributed by atoms with Gasteiger partial charge < -0.3 is 15.3 Å². The first-order chi connectivity index (χ1) is 15.7. The molecule has 2 amide bonds. The smallest absolute Gasteiger partial charge is 0.330 e. The van der Waals surface area contributed by atoms with E-state index >= 15 is 0 Å². The molecule has 2 N–H and O–H groups in total. The molecule has 0 aromatic heterocycles. The molecule has 170 valence electrons. The summed E-state index contributed by atoms with van der Waals surface area (Å²) in [7, 11) is 0. The molecule has 0 aliphatic carbocycles. The Balaban J connectivity index is 1.99. The van der Waals surface area contributed by atoms with Crippen molar-refractivity contribution in [3.63, 3.8) is 0 Å². The number of nitrogens with zero attached hydrogens (tertiary/aromatic N) is 1. The van der Waals surface area contributed by atoms with Crippen molar-refractivity contribution in [2.45, 2.75) is 38.4 Å². The second-order valence-corrected chi connectivity index (χ2v) is 8.34. The van der Waals surface area contributed by atoms with Gasteiger partial charge in [-0.3, -0.25) is 9.59 Å². The molecule has 1 unspecified atom stereocenters. The molecule has 0 aliphatic heterocycles. The number of carboxylic acids is 1. The minimum atomic E-state index is -1.36. The summed E-state index contributed by atoms with van der Waals surface area (Å²) in [5, 5.41) is 12.4. The van der Waals surface area contributed by atoms with Gasteiger partial charge in [0.15, 0.2) is 6.04 Å². The standard InChI is InChI=1S/C27H28N2O4/c1-19(20-13-7-4-8-14-20)29(24(30)22-17-11-6-12-18-22)27(2,3)26(33)28-23(25(31)32)21-15-9-5-10-16-21/h4-19,23H,1-3H3,(H,28,33)(H,31,32)/t19-,23?/m0/s1. The second-order valence-electron chi connectivity index (χ2n) is 8.34. The van der Waals surface area contributed by atoms with Crippen molar-refractivity contribution in [2.24, 2.45) is 0 Å². The van der Waals surface area contributed by atoms with Crippen molar-refractivity contribution in [3.8, 4) is 0 Å². The summed E-state index contributed by atoms with van der Waals surface area (Å²) in [5.41, 5.74) is 0.399. The average molecular weight is 445 g/mol. The van der Waals surface area contributed by atoms with Gasteiger partial charge in [0.25, 0.3) is 5.91 Å². The van der Waals surface area contributed by atoms with Gasteiger partial charge in [-0.2, -0.15) is 0 Å². The van der Waals surface area contributed by atoms with E-state index in [9.17, 15) is 19.5 Å². The third-order valence-electron chi connectivity index (χ3n) is 5.72. The lowest BCUT2D eigenvalue weighted by atomic mass is 9.93. The monoisotopic (exact) mass is 444 g/mol. The molecule has 0 saturated carbocycles. The second kappa shape index (κ2) is 10.1. The molecule has 3 aromatic carbocycles. The molecular formula is C27H28N2O4. The Morgan fingerprint density at radius 1 is 0.788 bits per heavy atom. The zero-order valence-corrected chi connectivity index (χ0v) is 18.9. The number of hydrogen-bond acceptors (Lipinski definition) is 3. The Kier molecular flexibility index (Phi) is 7.28. The molecule has 0 saturated heterocycles. The molecule has 6 nitrogen and oxygen atoms in total. The Hall–Kier alpha value is -3.93. The van der Waals surface area contributed by atoms with Crippen LogP contribution in [0.5, 0.6) is 0 Å². The highest BCUT2D eigenvalue weighted by atomic mass is 16.4. The highest BCUT2D eigenvalue weighted by Gasteiger charge is 2.42. The van der Waals surface area contributed by atoms with Crippen LogP contribution in [0.25, 0.3) is 0 Å². The predicted molar refractivity (Wildman–Crippen MR) is 127 cm³/mol. The van der Waals surface area contributed by atoms with E-state index in [0.29, 0.717) is 11.1 Å². The molecule has 0 fully saturated rings. The maximum absolute atomic E-state index is 13.6. The number of rotatable bonds is 8. The summed E-state index contributed by atoms with van der Waals surface area (Å²) < 4.78 is 0. The molecule has 0 bridgehead atoms. The normalized spacial score (nSPS) is 12.9. The molecular weight excluding hydrogens is 416 g/mol. The maximum Gasteiger partial charge on any atom is 0.330 e. The molecule has 6 heteroatoms. The van der Waals surface area contributed by atoms with Crippen molar-refractivity contribution in [3.05, 3.63) is 108 Å². The SMILES string of the molecule is C[C@@H](c1ccccc1)N(C(=O)c1ccccc1)C(C)(C)C(=O)NC(C(=O)O)c1ccccc1. The minimum absolute atomic E-state index is 0.321. The van der Waals surface area contributed by atoms with Crippen molar-refractivity contribution in [1.29, 1.82) is 0 Å². The molecule has 2 atom stereocenters. The predicted octanol–water partition coefficient (Wildman–Crippen LogP) is 4.61. The van der Waals surface area contributed by atoms with Crippen LogP contribution in [-0.2, 0) is 9.59 Å². The fourth-order valence-electron chi connectivity index (χ4n) is 3.86. The molecule has 3 aromatic rings. The van der Waals surface area contributed by atoms with Crippen LogP contribution in [0.2, 0.25) is 0 Å². The Labute approximate surface area is 193 Å². The summed E-state index contributed by atoms with van der Waals surface area (Å²) in [6, 6.07) is 25.0. The first-order valence-electron chi connectivity index (χ1n) is 10.8. The van der Waals surface area contributed by atoms with Crippen LogP contribution in [0.4, 0.5) is 0 Å². The number of nitrogens with one attached hydrogen (secondary N) is 1. The fraction of sp³-hybridized carbons (Fsp3) is 0.222. The van der Waals surface area contributed by atoms with Crippen molar-refractivity contribution in [1.82, 2.24) is 10.2 Å². The first-order valence-corrected chi connectivity index (χ1v) is 10.8. The van der Waals surface area contributed by atoms with E-state index in [1.807, 2.05) is 43.3 Å². The van der Waals surface area contributed by atoms with Gasteiger partial charge >= 0.3 is 5.97 Å². The highest BCUT2D eigenvalue weighted by molar-refractivity contribution is 6.00. The summed E-state index contributed by atoms with van der Waals surface area (Å²) in [6.07, 6.45) is 0. The van der Waals surface area contributed by atoms with Crippen LogP contribution in [0, 0.1) is 0 Å². The lowest BCUT2D eigenvalue weighted by Gasteiger charge is -2.42. The van der Waals surface area contributed by atoms with E-state index in [1.54, 1.807) is 68.4 Å². The number of aliphatic carboxylic acids is 1. The summed E-state index contributed by atoms with van der Waals surface area (Å²) in [4.78, 5) is 40.6. The minimum Gasteiger partial charge on any atom is -0.479 e. The number of carbonyl (C=O) groups is 3. The topological polar surface area (TPSA) is 86.7 Å². The molecule has 0 heterocycles. The zero-order chi connectivity index (χ0) is 24.0. The third-order valence-corrected chi connectivity index (χ3v) is 5.72. The van der Waals surface area contributed by atoms with E-state index in [2.05, 4.69) is 5.32 Å². The van der Waals surface area contributed by atoms with Crippen molar-refractivity contribution >= 4 is 17.8 Å². The summed E-state index contributed by atoms with van der Waals surface area (Å²) in [5.74, 6) is -2.06. The number of carboxylic acid groups (broad SMARTS) is 1. The number of benzene rings is 3. The fourth-order valence-corrected chi connectivity index (χ4v) is 3.86. The quantitative estimate of drug-likeness (QED) is 0.531. The van der Waals surface area contributed by atoms with Crippen LogP contribution in [-0.4, -0.2) is 33.3 Å². The Morgan fingerprint density at radius 3 is 1.73 bits per heavy atom. The average Bonchev–Trinajstić information content (AvgIpc) is 2.83. The number of hydrogen-bond donors (Lipinski definition) is 2. The summed E-state index contributed by atoms with van der Waals surface area (Å²) in [6.45, 7) is 5.12. The van der Waals surface area contributed by atoms with Gasteiger partial charge in [-0.05, 0) is 44.0 Å². The molecule has 0 radical (unpaired) electrons. The van der Waals surface area contributed by atoms with Gasteiger partial charge in [-0.1, -0.05) is 78.9 Å². The van der Waals surface area contributed by atoms with Crippen LogP contribution >= 0.6 is 0 Å². The van der Waals surface area contributed by atoms with E-state index in [1.165, 1.54) is 4.90 Å².